The van der Waals surface area contributed by atoms with Crippen LogP contribution >= 0.6 is 0 Å². The number of benzene rings is 2. The standard InChI is InChI=1S/C28H36F10O2Si2/c1-9-41(10-2,11-3)39-27(7,15-17(29)21(33)25(37)22(34)18(15)30)28(8,40-42(12-4,13-5)14-6)16-19(31)23(35)26(38)24(36)20(16)32/h9-14H2,1-8H3. The summed E-state index contributed by atoms with van der Waals surface area (Å²) in [5, 5.41) is 0. The molecule has 0 bridgehead atoms. The van der Waals surface area contributed by atoms with Crippen molar-refractivity contribution in [3.63, 3.8) is 0 Å². The largest absolute Gasteiger partial charge is 0.404 e. The molecule has 0 N–H and O–H groups in total. The maximum atomic E-state index is 15.7. The van der Waals surface area contributed by atoms with Crippen LogP contribution < -0.4 is 0 Å². The van der Waals surface area contributed by atoms with Crippen LogP contribution in [0.15, 0.2) is 0 Å². The average molecular weight is 651 g/mol. The van der Waals surface area contributed by atoms with Gasteiger partial charge in [-0.15, -0.1) is 0 Å². The smallest absolute Gasteiger partial charge is 0.200 e. The maximum absolute atomic E-state index is 15.7. The first-order chi connectivity index (χ1) is 19.4. The molecule has 14 heteroatoms. The molecule has 2 nitrogen and oxygen atoms in total. The third-order valence-electron chi connectivity index (χ3n) is 8.99. The highest BCUT2D eigenvalue weighted by Gasteiger charge is 2.61. The number of hydrogen-bond acceptors (Lipinski definition) is 2. The van der Waals surface area contributed by atoms with Gasteiger partial charge in [0.1, 0.15) is 11.2 Å². The molecule has 0 amide bonds. The van der Waals surface area contributed by atoms with E-state index in [4.69, 9.17) is 8.85 Å². The van der Waals surface area contributed by atoms with Crippen molar-refractivity contribution in [1.82, 2.24) is 0 Å². The lowest BCUT2D eigenvalue weighted by atomic mass is 9.74. The van der Waals surface area contributed by atoms with E-state index in [9.17, 15) is 26.3 Å². The summed E-state index contributed by atoms with van der Waals surface area (Å²) < 4.78 is 163. The molecule has 0 aliphatic rings. The van der Waals surface area contributed by atoms with Gasteiger partial charge in [0.05, 0.1) is 11.1 Å². The minimum atomic E-state index is -3.29. The Hall–Kier alpha value is -1.91. The molecule has 238 valence electrons. The lowest BCUT2D eigenvalue weighted by molar-refractivity contribution is -0.130. The molecule has 0 heterocycles. The molecule has 0 aromatic heterocycles. The Morgan fingerprint density at radius 3 is 0.714 bits per heavy atom. The molecule has 0 saturated heterocycles. The van der Waals surface area contributed by atoms with E-state index < -0.39 is 97.1 Å². The maximum Gasteiger partial charge on any atom is 0.200 e. The van der Waals surface area contributed by atoms with Gasteiger partial charge in [-0.3, -0.25) is 0 Å². The third-order valence-corrected chi connectivity index (χ3v) is 18.4. The highest BCUT2D eigenvalue weighted by atomic mass is 28.4. The van der Waals surface area contributed by atoms with E-state index in [1.54, 1.807) is 41.5 Å². The van der Waals surface area contributed by atoms with E-state index in [1.165, 1.54) is 0 Å². The molecule has 0 aliphatic heterocycles. The van der Waals surface area contributed by atoms with Crippen molar-refractivity contribution in [2.75, 3.05) is 0 Å². The second-order valence-corrected chi connectivity index (χ2v) is 20.0. The molecule has 0 aliphatic carbocycles. The van der Waals surface area contributed by atoms with Crippen LogP contribution in [0, 0.1) is 58.2 Å². The van der Waals surface area contributed by atoms with Gasteiger partial charge < -0.3 is 8.85 Å². The molecule has 2 rings (SSSR count). The molecule has 2 unspecified atom stereocenters. The van der Waals surface area contributed by atoms with E-state index in [1.807, 2.05) is 0 Å². The summed E-state index contributed by atoms with van der Waals surface area (Å²) in [7, 11) is -6.59. The first-order valence-corrected chi connectivity index (χ1v) is 18.9. The molecule has 0 fully saturated rings. The third kappa shape index (κ3) is 5.56. The Balaban J connectivity index is 3.39. The monoisotopic (exact) mass is 650 g/mol. The predicted octanol–water partition coefficient (Wildman–Crippen LogP) is 10.3. The summed E-state index contributed by atoms with van der Waals surface area (Å²) >= 11 is 0. The van der Waals surface area contributed by atoms with Gasteiger partial charge in [0.2, 0.25) is 11.6 Å². The van der Waals surface area contributed by atoms with E-state index in [0.717, 1.165) is 13.8 Å². The molecular formula is C28H36F10O2Si2. The Morgan fingerprint density at radius 1 is 0.381 bits per heavy atom. The number of halogens is 10. The second kappa shape index (κ2) is 13.0. The fourth-order valence-electron chi connectivity index (χ4n) is 5.62. The zero-order valence-electron chi connectivity index (χ0n) is 24.8. The van der Waals surface area contributed by atoms with Crippen molar-refractivity contribution in [3.05, 3.63) is 69.3 Å². The summed E-state index contributed by atoms with van der Waals surface area (Å²) in [5.41, 5.74) is -9.27. The predicted molar refractivity (Wildman–Crippen MR) is 144 cm³/mol. The topological polar surface area (TPSA) is 18.5 Å². The average Bonchev–Trinajstić information content (AvgIpc) is 2.98. The quantitative estimate of drug-likeness (QED) is 0.0930. The van der Waals surface area contributed by atoms with Crippen LogP contribution in [0.25, 0.3) is 0 Å². The molecule has 0 saturated carbocycles. The highest BCUT2D eigenvalue weighted by molar-refractivity contribution is 6.74. The minimum Gasteiger partial charge on any atom is -0.404 e. The van der Waals surface area contributed by atoms with Crippen LogP contribution in [0.1, 0.15) is 66.5 Å². The summed E-state index contributed by atoms with van der Waals surface area (Å²) in [6.07, 6.45) is 0. The Morgan fingerprint density at radius 2 is 0.548 bits per heavy atom. The van der Waals surface area contributed by atoms with Crippen molar-refractivity contribution in [1.29, 1.82) is 0 Å². The first-order valence-electron chi connectivity index (χ1n) is 13.8. The van der Waals surface area contributed by atoms with Crippen molar-refractivity contribution in [3.8, 4) is 0 Å². The lowest BCUT2D eigenvalue weighted by Gasteiger charge is -2.54. The van der Waals surface area contributed by atoms with Crippen LogP contribution in [0.4, 0.5) is 43.9 Å². The first kappa shape index (κ1) is 36.3. The van der Waals surface area contributed by atoms with E-state index in [2.05, 4.69) is 0 Å². The fraction of sp³-hybridized carbons (Fsp3) is 0.571. The van der Waals surface area contributed by atoms with Crippen LogP contribution in [0.2, 0.25) is 36.3 Å². The van der Waals surface area contributed by atoms with E-state index in [-0.39, 0.29) is 36.3 Å². The number of hydrogen-bond donors (Lipinski definition) is 0. The van der Waals surface area contributed by atoms with Gasteiger partial charge in [-0.1, -0.05) is 41.5 Å². The summed E-state index contributed by atoms with van der Waals surface area (Å²) in [6.45, 7) is 11.6. The molecule has 42 heavy (non-hydrogen) atoms. The van der Waals surface area contributed by atoms with E-state index >= 15 is 17.6 Å². The summed E-state index contributed by atoms with van der Waals surface area (Å²) in [4.78, 5) is 0. The van der Waals surface area contributed by atoms with Crippen LogP contribution in [0.5, 0.6) is 0 Å². The molecule has 2 atom stereocenters. The second-order valence-electron chi connectivity index (χ2n) is 10.6. The van der Waals surface area contributed by atoms with Crippen molar-refractivity contribution in [2.24, 2.45) is 0 Å². The Kier molecular flexibility index (Phi) is 11.2. The van der Waals surface area contributed by atoms with Gasteiger partial charge in [-0.05, 0) is 50.1 Å². The summed E-state index contributed by atoms with van der Waals surface area (Å²) in [5.74, 6) is -24.0. The molecule has 2 aromatic carbocycles. The fourth-order valence-corrected chi connectivity index (χ4v) is 11.8. The van der Waals surface area contributed by atoms with E-state index in [0.29, 0.717) is 0 Å². The van der Waals surface area contributed by atoms with Gasteiger partial charge in [0.25, 0.3) is 0 Å². The molecule has 2 aromatic rings. The van der Waals surface area contributed by atoms with Crippen molar-refractivity contribution < 1.29 is 52.8 Å². The van der Waals surface area contributed by atoms with Crippen molar-refractivity contribution in [2.45, 2.75) is 103 Å². The van der Waals surface area contributed by atoms with Gasteiger partial charge >= 0.3 is 0 Å². The van der Waals surface area contributed by atoms with Gasteiger partial charge in [0, 0.05) is 0 Å². The number of rotatable bonds is 13. The zero-order valence-corrected chi connectivity index (χ0v) is 26.8. The van der Waals surface area contributed by atoms with Gasteiger partial charge in [-0.25, -0.2) is 43.9 Å². The SMILES string of the molecule is CC[Si](CC)(CC)OC(C)(c1c(F)c(F)c(F)c(F)c1F)C(C)(O[Si](CC)(CC)CC)c1c(F)c(F)c(F)c(F)c1F. The minimum absolute atomic E-state index is 0.204. The molecular weight excluding hydrogens is 614 g/mol. The molecule has 0 radical (unpaired) electrons. The van der Waals surface area contributed by atoms with Crippen molar-refractivity contribution >= 4 is 16.6 Å². The lowest BCUT2D eigenvalue weighted by Crippen LogP contribution is -2.60. The van der Waals surface area contributed by atoms with Crippen LogP contribution in [0.3, 0.4) is 0 Å². The Bertz CT molecular complexity index is 1140. The van der Waals surface area contributed by atoms with Crippen LogP contribution in [-0.2, 0) is 20.1 Å². The molecule has 0 spiro atoms. The van der Waals surface area contributed by atoms with Gasteiger partial charge in [-0.2, -0.15) is 0 Å². The van der Waals surface area contributed by atoms with Crippen LogP contribution in [-0.4, -0.2) is 16.6 Å². The normalized spacial score (nSPS) is 15.6. The highest BCUT2D eigenvalue weighted by Crippen LogP contribution is 2.54. The zero-order chi connectivity index (χ0) is 32.6. The van der Waals surface area contributed by atoms with Gasteiger partial charge in [0.15, 0.2) is 63.2 Å². The Labute approximate surface area is 241 Å². The summed E-state index contributed by atoms with van der Waals surface area (Å²) in [6, 6.07) is 1.23.